The predicted octanol–water partition coefficient (Wildman–Crippen LogP) is 2.77. The summed E-state index contributed by atoms with van der Waals surface area (Å²) in [6.45, 7) is 1.47. The molecule has 0 spiro atoms. The Morgan fingerprint density at radius 2 is 2.00 bits per heavy atom. The Kier molecular flexibility index (Phi) is 5.62. The molecule has 1 atom stereocenters. The molecule has 0 bridgehead atoms. The first-order valence-electron chi connectivity index (χ1n) is 9.91. The molecule has 1 fully saturated rings. The molecular formula is C21H25N7O2. The standard InChI is InChI=1S/C21H25N7O2/c1-27(2)15-5-4-8-28(12-15)20(29)19-9-16-17(25-19)6-3-7-18(16)26-21(30)24-14-10-22-13-23-11-14/h3,6-7,9-11,13,15,25H,4-5,8,12H2,1-2H3,(H2,24,26,30). The third-order valence-corrected chi connectivity index (χ3v) is 5.38. The number of amides is 3. The van der Waals surface area contributed by atoms with Crippen LogP contribution in [0.2, 0.25) is 0 Å². The minimum atomic E-state index is -0.406. The number of nitrogens with one attached hydrogen (secondary N) is 3. The molecule has 0 saturated carbocycles. The Morgan fingerprint density at radius 1 is 1.20 bits per heavy atom. The lowest BCUT2D eigenvalue weighted by Gasteiger charge is -2.35. The van der Waals surface area contributed by atoms with Crippen molar-refractivity contribution >= 4 is 34.2 Å². The summed E-state index contributed by atoms with van der Waals surface area (Å²) in [6, 6.07) is 7.29. The molecule has 1 saturated heterocycles. The van der Waals surface area contributed by atoms with E-state index >= 15 is 0 Å². The maximum atomic E-state index is 13.1. The lowest BCUT2D eigenvalue weighted by molar-refractivity contribution is 0.0630. The molecule has 4 rings (SSSR count). The monoisotopic (exact) mass is 407 g/mol. The highest BCUT2D eigenvalue weighted by Gasteiger charge is 2.26. The Labute approximate surface area is 174 Å². The summed E-state index contributed by atoms with van der Waals surface area (Å²) < 4.78 is 0. The number of fused-ring (bicyclic) bond motifs is 1. The van der Waals surface area contributed by atoms with E-state index in [0.717, 1.165) is 30.3 Å². The Hall–Kier alpha value is -3.46. The smallest absolute Gasteiger partial charge is 0.323 e. The number of benzene rings is 1. The topological polar surface area (TPSA) is 106 Å². The van der Waals surface area contributed by atoms with Crippen molar-refractivity contribution in [2.45, 2.75) is 18.9 Å². The molecule has 30 heavy (non-hydrogen) atoms. The van der Waals surface area contributed by atoms with Crippen molar-refractivity contribution in [1.82, 2.24) is 24.8 Å². The van der Waals surface area contributed by atoms with E-state index in [4.69, 9.17) is 0 Å². The predicted molar refractivity (Wildman–Crippen MR) is 116 cm³/mol. The van der Waals surface area contributed by atoms with Gasteiger partial charge < -0.3 is 25.4 Å². The number of H-pyrrole nitrogens is 1. The molecule has 2 aromatic heterocycles. The van der Waals surface area contributed by atoms with Crippen molar-refractivity contribution < 1.29 is 9.59 Å². The molecule has 1 aliphatic rings. The number of nitrogens with zero attached hydrogens (tertiary/aromatic N) is 4. The van der Waals surface area contributed by atoms with Crippen molar-refractivity contribution in [1.29, 1.82) is 0 Å². The van der Waals surface area contributed by atoms with Crippen molar-refractivity contribution in [3.8, 4) is 0 Å². The first kappa shape index (κ1) is 19.8. The van der Waals surface area contributed by atoms with Crippen LogP contribution in [0.3, 0.4) is 0 Å². The Bertz CT molecular complexity index is 1050. The van der Waals surface area contributed by atoms with Gasteiger partial charge in [0.15, 0.2) is 0 Å². The van der Waals surface area contributed by atoms with E-state index in [1.165, 1.54) is 18.7 Å². The number of aromatic nitrogens is 3. The lowest BCUT2D eigenvalue weighted by Crippen LogP contribution is -2.47. The van der Waals surface area contributed by atoms with Crippen molar-refractivity contribution in [3.05, 3.63) is 48.7 Å². The number of urea groups is 1. The van der Waals surface area contributed by atoms with Gasteiger partial charge in [0.1, 0.15) is 12.0 Å². The largest absolute Gasteiger partial charge is 0.350 e. The van der Waals surface area contributed by atoms with Crippen molar-refractivity contribution in [3.63, 3.8) is 0 Å². The highest BCUT2D eigenvalue weighted by Crippen LogP contribution is 2.26. The van der Waals surface area contributed by atoms with Crippen molar-refractivity contribution in [2.75, 3.05) is 37.8 Å². The van der Waals surface area contributed by atoms with Crippen LogP contribution in [0.4, 0.5) is 16.2 Å². The summed E-state index contributed by atoms with van der Waals surface area (Å²) in [7, 11) is 4.10. The van der Waals surface area contributed by atoms with E-state index in [2.05, 4.69) is 30.5 Å². The van der Waals surface area contributed by atoms with E-state index in [0.29, 0.717) is 29.7 Å². The summed E-state index contributed by atoms with van der Waals surface area (Å²) in [5.41, 5.74) is 2.42. The van der Waals surface area contributed by atoms with Gasteiger partial charge in [0.05, 0.1) is 23.8 Å². The van der Waals surface area contributed by atoms with Crippen LogP contribution in [0, 0.1) is 0 Å². The van der Waals surface area contributed by atoms with Crippen LogP contribution in [-0.2, 0) is 0 Å². The zero-order valence-corrected chi connectivity index (χ0v) is 17.1. The second-order valence-corrected chi connectivity index (χ2v) is 7.67. The van der Waals surface area contributed by atoms with Crippen LogP contribution in [0.25, 0.3) is 10.9 Å². The first-order chi connectivity index (χ1) is 14.5. The number of rotatable bonds is 4. The quantitative estimate of drug-likeness (QED) is 0.617. The van der Waals surface area contributed by atoms with Gasteiger partial charge in [-0.05, 0) is 45.1 Å². The van der Waals surface area contributed by atoms with Gasteiger partial charge in [-0.25, -0.2) is 14.8 Å². The molecule has 9 heteroatoms. The van der Waals surface area contributed by atoms with Crippen LogP contribution in [0.5, 0.6) is 0 Å². The maximum absolute atomic E-state index is 13.1. The summed E-state index contributed by atoms with van der Waals surface area (Å²) in [5.74, 6) is -0.0189. The highest BCUT2D eigenvalue weighted by molar-refractivity contribution is 6.08. The van der Waals surface area contributed by atoms with Crippen molar-refractivity contribution in [2.24, 2.45) is 0 Å². The van der Waals surface area contributed by atoms with E-state index < -0.39 is 6.03 Å². The first-order valence-corrected chi connectivity index (χ1v) is 9.91. The maximum Gasteiger partial charge on any atom is 0.323 e. The number of carbonyl (C=O) groups is 2. The van der Waals surface area contributed by atoms with Gasteiger partial charge in [-0.2, -0.15) is 0 Å². The molecule has 0 radical (unpaired) electrons. The fourth-order valence-electron chi connectivity index (χ4n) is 3.76. The summed E-state index contributed by atoms with van der Waals surface area (Å²) >= 11 is 0. The third kappa shape index (κ3) is 4.25. The third-order valence-electron chi connectivity index (χ3n) is 5.38. The van der Waals surface area contributed by atoms with Gasteiger partial charge in [-0.15, -0.1) is 0 Å². The van der Waals surface area contributed by atoms with E-state index in [9.17, 15) is 9.59 Å². The van der Waals surface area contributed by atoms with Gasteiger partial charge in [0.25, 0.3) is 5.91 Å². The molecule has 3 aromatic rings. The SMILES string of the molecule is CN(C)C1CCCN(C(=O)c2cc3c(NC(=O)Nc4cncnc4)cccc3[nH]2)C1. The summed E-state index contributed by atoms with van der Waals surface area (Å²) in [6.07, 6.45) is 6.51. The van der Waals surface area contributed by atoms with Crippen LogP contribution >= 0.6 is 0 Å². The number of likely N-dealkylation sites (tertiary alicyclic amines) is 1. The molecule has 3 amide bonds. The molecule has 3 heterocycles. The average Bonchev–Trinajstić information content (AvgIpc) is 3.19. The van der Waals surface area contributed by atoms with Crippen LogP contribution < -0.4 is 10.6 Å². The molecule has 1 aliphatic heterocycles. The molecule has 1 unspecified atom stereocenters. The summed E-state index contributed by atoms with van der Waals surface area (Å²) in [4.78, 5) is 40.4. The number of piperidine rings is 1. The minimum absolute atomic E-state index is 0.0189. The number of likely N-dealkylation sites (N-methyl/N-ethyl adjacent to an activating group) is 1. The van der Waals surface area contributed by atoms with Gasteiger partial charge in [0.2, 0.25) is 0 Å². The number of aromatic amines is 1. The number of hydrogen-bond acceptors (Lipinski definition) is 5. The molecule has 1 aromatic carbocycles. The minimum Gasteiger partial charge on any atom is -0.350 e. The summed E-state index contributed by atoms with van der Waals surface area (Å²) in [5, 5.41) is 6.30. The normalized spacial score (nSPS) is 16.6. The van der Waals surface area contributed by atoms with Crippen LogP contribution in [0.1, 0.15) is 23.3 Å². The van der Waals surface area contributed by atoms with Crippen LogP contribution in [0.15, 0.2) is 43.0 Å². The lowest BCUT2D eigenvalue weighted by atomic mass is 10.0. The average molecular weight is 407 g/mol. The van der Waals surface area contributed by atoms with E-state index in [-0.39, 0.29) is 5.91 Å². The van der Waals surface area contributed by atoms with Gasteiger partial charge in [-0.3, -0.25) is 4.79 Å². The second kappa shape index (κ2) is 8.50. The number of hydrogen-bond donors (Lipinski definition) is 3. The zero-order valence-electron chi connectivity index (χ0n) is 17.1. The number of anilines is 2. The number of carbonyl (C=O) groups excluding carboxylic acids is 2. The molecule has 3 N–H and O–H groups in total. The van der Waals surface area contributed by atoms with Crippen LogP contribution in [-0.4, -0.2) is 69.9 Å². The van der Waals surface area contributed by atoms with Gasteiger partial charge in [-0.1, -0.05) is 6.07 Å². The molecule has 9 nitrogen and oxygen atoms in total. The van der Waals surface area contributed by atoms with E-state index in [1.54, 1.807) is 12.1 Å². The highest BCUT2D eigenvalue weighted by atomic mass is 16.2. The molecular weight excluding hydrogens is 382 g/mol. The fourth-order valence-corrected chi connectivity index (χ4v) is 3.76. The fraction of sp³-hybridized carbons (Fsp3) is 0.333. The Balaban J connectivity index is 1.52. The zero-order chi connectivity index (χ0) is 21.1. The van der Waals surface area contributed by atoms with Gasteiger partial charge >= 0.3 is 6.03 Å². The second-order valence-electron chi connectivity index (χ2n) is 7.67. The Morgan fingerprint density at radius 3 is 2.77 bits per heavy atom. The molecule has 0 aliphatic carbocycles. The molecule has 156 valence electrons. The van der Waals surface area contributed by atoms with E-state index in [1.807, 2.05) is 31.1 Å². The van der Waals surface area contributed by atoms with Gasteiger partial charge in [0, 0.05) is 30.0 Å².